The fourth-order valence-electron chi connectivity index (χ4n) is 4.11. The van der Waals surface area contributed by atoms with E-state index in [-0.39, 0.29) is 16.7 Å². The average molecular weight is 488 g/mol. The zero-order valence-corrected chi connectivity index (χ0v) is 21.9. The van der Waals surface area contributed by atoms with Gasteiger partial charge in [-0.15, -0.1) is 0 Å². The summed E-state index contributed by atoms with van der Waals surface area (Å²) >= 11 is 0. The highest BCUT2D eigenvalue weighted by Crippen LogP contribution is 2.44. The summed E-state index contributed by atoms with van der Waals surface area (Å²) < 4.78 is 39.6. The molecule has 34 heavy (non-hydrogen) atoms. The molecule has 7 nitrogen and oxygen atoms in total. The van der Waals surface area contributed by atoms with E-state index in [2.05, 4.69) is 4.72 Å². The van der Waals surface area contributed by atoms with Crippen molar-refractivity contribution in [2.45, 2.75) is 84.1 Å². The second-order valence-electron chi connectivity index (χ2n) is 10.1. The van der Waals surface area contributed by atoms with Gasteiger partial charge in [0.15, 0.2) is 5.60 Å². The number of ether oxygens (including phenoxy) is 2. The minimum atomic E-state index is -4.07. The molecule has 3 rings (SSSR count). The van der Waals surface area contributed by atoms with Crippen molar-refractivity contribution in [1.29, 1.82) is 0 Å². The normalized spacial score (nSPS) is 18.0. The van der Waals surface area contributed by atoms with Crippen molar-refractivity contribution in [2.24, 2.45) is 0 Å². The molecule has 1 aliphatic rings. The van der Waals surface area contributed by atoms with Crippen LogP contribution in [0.2, 0.25) is 0 Å². The molecule has 0 aliphatic carbocycles. The van der Waals surface area contributed by atoms with E-state index in [0.717, 1.165) is 27.8 Å². The molecule has 1 heterocycles. The molecule has 0 bridgehead atoms. The van der Waals surface area contributed by atoms with Gasteiger partial charge in [-0.25, -0.2) is 13.1 Å². The average Bonchev–Trinajstić information content (AvgIpc) is 2.74. The Bertz CT molecular complexity index is 1260. The van der Waals surface area contributed by atoms with E-state index in [9.17, 15) is 18.0 Å². The van der Waals surface area contributed by atoms with Crippen LogP contribution in [0.25, 0.3) is 0 Å². The lowest BCUT2D eigenvalue weighted by atomic mass is 9.87. The van der Waals surface area contributed by atoms with Crippen molar-refractivity contribution >= 4 is 21.9 Å². The Morgan fingerprint density at radius 1 is 1.03 bits per heavy atom. The number of amides is 1. The Morgan fingerprint density at radius 3 is 2.15 bits per heavy atom. The quantitative estimate of drug-likeness (QED) is 0.506. The highest BCUT2D eigenvalue weighted by Gasteiger charge is 2.42. The molecular weight excluding hydrogens is 454 g/mol. The van der Waals surface area contributed by atoms with Crippen LogP contribution in [0.15, 0.2) is 29.2 Å². The first-order valence-corrected chi connectivity index (χ1v) is 12.7. The summed E-state index contributed by atoms with van der Waals surface area (Å²) in [6.45, 7) is 14.6. The number of esters is 1. The van der Waals surface area contributed by atoms with E-state index in [0.29, 0.717) is 17.9 Å². The van der Waals surface area contributed by atoms with Gasteiger partial charge in [-0.2, -0.15) is 0 Å². The van der Waals surface area contributed by atoms with E-state index >= 15 is 0 Å². The van der Waals surface area contributed by atoms with Gasteiger partial charge in [0, 0.05) is 18.9 Å². The van der Waals surface area contributed by atoms with Gasteiger partial charge in [-0.3, -0.25) is 9.59 Å². The smallest absolute Gasteiger partial charge is 0.308 e. The second-order valence-corrected chi connectivity index (χ2v) is 11.8. The maximum absolute atomic E-state index is 13.2. The maximum atomic E-state index is 13.2. The van der Waals surface area contributed by atoms with Crippen LogP contribution in [-0.2, 0) is 31.4 Å². The fourth-order valence-corrected chi connectivity index (χ4v) is 5.19. The topological polar surface area (TPSA) is 98.8 Å². The van der Waals surface area contributed by atoms with Crippen molar-refractivity contribution < 1.29 is 27.5 Å². The summed E-state index contributed by atoms with van der Waals surface area (Å²) in [7, 11) is -4.07. The number of hydrogen-bond donors (Lipinski definition) is 1. The zero-order valence-electron chi connectivity index (χ0n) is 21.1. The Kier molecular flexibility index (Phi) is 6.61. The predicted molar refractivity (Wildman–Crippen MR) is 130 cm³/mol. The van der Waals surface area contributed by atoms with Crippen LogP contribution < -0.4 is 14.2 Å². The van der Waals surface area contributed by atoms with Crippen molar-refractivity contribution in [3.63, 3.8) is 0 Å². The van der Waals surface area contributed by atoms with Gasteiger partial charge >= 0.3 is 5.97 Å². The Balaban J connectivity index is 1.88. The number of carbonyl (C=O) groups excluding carboxylic acids is 2. The standard InChI is InChI=1S/C26H33NO6S/c1-15-16(2)23-21(17(3)22(15)32-18(4)28)13-14-26(8,33-23)24(29)27-34(30,31)20-11-9-19(10-12-20)25(5,6)7/h9-12H,13-14H2,1-8H3,(H,27,29). The highest BCUT2D eigenvalue weighted by molar-refractivity contribution is 7.90. The molecule has 0 radical (unpaired) electrons. The molecule has 1 aliphatic heterocycles. The maximum Gasteiger partial charge on any atom is 0.308 e. The van der Waals surface area contributed by atoms with Gasteiger partial charge in [0.2, 0.25) is 0 Å². The lowest BCUT2D eigenvalue weighted by molar-refractivity contribution is -0.135. The van der Waals surface area contributed by atoms with Crippen LogP contribution in [0, 0.1) is 20.8 Å². The molecule has 0 saturated heterocycles. The van der Waals surface area contributed by atoms with E-state index in [1.54, 1.807) is 19.1 Å². The molecule has 0 fully saturated rings. The summed E-state index contributed by atoms with van der Waals surface area (Å²) in [5.74, 6) is -0.104. The van der Waals surface area contributed by atoms with E-state index in [1.165, 1.54) is 19.1 Å². The van der Waals surface area contributed by atoms with E-state index < -0.39 is 27.5 Å². The molecule has 0 spiro atoms. The summed E-state index contributed by atoms with van der Waals surface area (Å²) in [5.41, 5.74) is 2.61. The third-order valence-electron chi connectivity index (χ3n) is 6.47. The minimum absolute atomic E-state index is 0.0163. The van der Waals surface area contributed by atoms with Crippen molar-refractivity contribution in [1.82, 2.24) is 4.72 Å². The number of benzene rings is 2. The third-order valence-corrected chi connectivity index (χ3v) is 7.82. The molecule has 2 aromatic carbocycles. The van der Waals surface area contributed by atoms with Crippen LogP contribution >= 0.6 is 0 Å². The van der Waals surface area contributed by atoms with Gasteiger partial charge in [-0.05, 0) is 73.9 Å². The molecular formula is C26H33NO6S. The van der Waals surface area contributed by atoms with E-state index in [1.807, 2.05) is 41.5 Å². The first-order chi connectivity index (χ1) is 15.6. The second kappa shape index (κ2) is 8.73. The summed E-state index contributed by atoms with van der Waals surface area (Å²) in [4.78, 5) is 24.7. The zero-order chi connectivity index (χ0) is 25.6. The molecule has 8 heteroatoms. The van der Waals surface area contributed by atoms with Crippen LogP contribution in [0.5, 0.6) is 11.5 Å². The molecule has 2 aromatic rings. The highest BCUT2D eigenvalue weighted by atomic mass is 32.2. The number of sulfonamides is 1. The van der Waals surface area contributed by atoms with Gasteiger partial charge in [0.1, 0.15) is 11.5 Å². The molecule has 1 atom stereocenters. The van der Waals surface area contributed by atoms with Crippen molar-refractivity contribution in [3.8, 4) is 11.5 Å². The summed E-state index contributed by atoms with van der Waals surface area (Å²) in [5, 5.41) is 0. The monoisotopic (exact) mass is 487 g/mol. The van der Waals surface area contributed by atoms with Crippen LogP contribution in [0.3, 0.4) is 0 Å². The lowest BCUT2D eigenvalue weighted by Crippen LogP contribution is -2.52. The van der Waals surface area contributed by atoms with Crippen LogP contribution in [0.4, 0.5) is 0 Å². The number of rotatable bonds is 4. The van der Waals surface area contributed by atoms with Crippen molar-refractivity contribution in [2.75, 3.05) is 0 Å². The number of nitrogens with one attached hydrogen (secondary N) is 1. The summed E-state index contributed by atoms with van der Waals surface area (Å²) in [6.07, 6.45) is 0.744. The molecule has 1 amide bonds. The van der Waals surface area contributed by atoms with Crippen molar-refractivity contribution in [3.05, 3.63) is 52.1 Å². The Labute approximate surface area is 201 Å². The van der Waals surface area contributed by atoms with Crippen LogP contribution in [0.1, 0.15) is 68.9 Å². The third kappa shape index (κ3) is 4.82. The molecule has 0 saturated carbocycles. The predicted octanol–water partition coefficient (Wildman–Crippen LogP) is 4.42. The fraction of sp³-hybridized carbons (Fsp3) is 0.462. The first kappa shape index (κ1) is 25.7. The Morgan fingerprint density at radius 2 is 1.62 bits per heavy atom. The van der Waals surface area contributed by atoms with Gasteiger partial charge in [-0.1, -0.05) is 32.9 Å². The number of carbonyl (C=O) groups is 2. The van der Waals surface area contributed by atoms with E-state index in [4.69, 9.17) is 9.47 Å². The molecule has 1 unspecified atom stereocenters. The lowest BCUT2D eigenvalue weighted by Gasteiger charge is -2.36. The first-order valence-electron chi connectivity index (χ1n) is 11.2. The number of fused-ring (bicyclic) bond motifs is 1. The van der Waals surface area contributed by atoms with Gasteiger partial charge in [0.05, 0.1) is 4.90 Å². The SMILES string of the molecule is CC(=O)Oc1c(C)c(C)c2c(c1C)CCC(C)(C(=O)NS(=O)(=O)c1ccc(C(C)(C)C)cc1)O2. The largest absolute Gasteiger partial charge is 0.477 e. The van der Waals surface area contributed by atoms with Gasteiger partial charge < -0.3 is 9.47 Å². The minimum Gasteiger partial charge on any atom is -0.477 e. The molecule has 184 valence electrons. The van der Waals surface area contributed by atoms with Crippen LogP contribution in [-0.4, -0.2) is 25.9 Å². The molecule has 1 N–H and O–H groups in total. The number of hydrogen-bond acceptors (Lipinski definition) is 6. The van der Waals surface area contributed by atoms with Gasteiger partial charge in [0.25, 0.3) is 15.9 Å². The molecule has 0 aromatic heterocycles. The Hall–Kier alpha value is -2.87. The summed E-state index contributed by atoms with van der Waals surface area (Å²) in [6, 6.07) is 6.51.